The first kappa shape index (κ1) is 19.4. The van der Waals surface area contributed by atoms with Crippen LogP contribution in [0, 0.1) is 0 Å². The molecule has 8 heteroatoms. The van der Waals surface area contributed by atoms with Gasteiger partial charge in [-0.25, -0.2) is 18.1 Å². The van der Waals surface area contributed by atoms with Crippen LogP contribution in [-0.4, -0.2) is 24.8 Å². The lowest BCUT2D eigenvalue weighted by molar-refractivity contribution is 0.0950. The van der Waals surface area contributed by atoms with Crippen molar-refractivity contribution >= 4 is 27.5 Å². The number of sulfonamides is 1. The fraction of sp³-hybridized carbons (Fsp3) is 0.294. The molecule has 0 saturated carbocycles. The minimum Gasteiger partial charge on any atom is -0.348 e. The highest BCUT2D eigenvalue weighted by molar-refractivity contribution is 7.89. The highest BCUT2D eigenvalue weighted by Gasteiger charge is 2.24. The normalized spacial score (nSPS) is 12.0. The number of nitrogens with zero attached hydrogens (tertiary/aromatic N) is 1. The van der Waals surface area contributed by atoms with Crippen molar-refractivity contribution in [2.24, 2.45) is 0 Å². The largest absolute Gasteiger partial charge is 0.348 e. The second-order valence-electron chi connectivity index (χ2n) is 6.49. The van der Waals surface area contributed by atoms with Crippen LogP contribution in [0.3, 0.4) is 0 Å². The first-order valence-electron chi connectivity index (χ1n) is 7.61. The molecule has 1 aromatic heterocycles. The molecule has 25 heavy (non-hydrogen) atoms. The molecule has 1 heterocycles. The van der Waals surface area contributed by atoms with Gasteiger partial charge in [-0.2, -0.15) is 0 Å². The lowest BCUT2D eigenvalue weighted by atomic mass is 10.1. The van der Waals surface area contributed by atoms with Crippen LogP contribution < -0.4 is 10.0 Å². The number of pyridine rings is 1. The average molecular weight is 382 g/mol. The van der Waals surface area contributed by atoms with E-state index in [1.54, 1.807) is 51.1 Å². The maximum Gasteiger partial charge on any atom is 0.254 e. The van der Waals surface area contributed by atoms with Crippen molar-refractivity contribution < 1.29 is 13.2 Å². The minimum absolute atomic E-state index is 0.0469. The van der Waals surface area contributed by atoms with Crippen LogP contribution in [0.5, 0.6) is 0 Å². The van der Waals surface area contributed by atoms with Crippen LogP contribution in [-0.2, 0) is 16.6 Å². The molecular formula is C17H20ClN3O3S. The molecule has 0 saturated heterocycles. The molecule has 1 aromatic carbocycles. The molecule has 2 rings (SSSR count). The molecular weight excluding hydrogens is 362 g/mol. The minimum atomic E-state index is -3.71. The van der Waals surface area contributed by atoms with Crippen molar-refractivity contribution in [3.63, 3.8) is 0 Å². The van der Waals surface area contributed by atoms with E-state index in [0.29, 0.717) is 5.56 Å². The van der Waals surface area contributed by atoms with E-state index in [-0.39, 0.29) is 22.2 Å². The molecule has 0 aliphatic heterocycles. The quantitative estimate of drug-likeness (QED) is 0.779. The van der Waals surface area contributed by atoms with E-state index in [0.717, 1.165) is 0 Å². The highest BCUT2D eigenvalue weighted by atomic mass is 35.5. The molecule has 0 spiro atoms. The van der Waals surface area contributed by atoms with Crippen LogP contribution in [0.15, 0.2) is 47.5 Å². The smallest absolute Gasteiger partial charge is 0.254 e. The summed E-state index contributed by atoms with van der Waals surface area (Å²) >= 11 is 5.90. The van der Waals surface area contributed by atoms with Crippen molar-refractivity contribution in [1.82, 2.24) is 15.0 Å². The van der Waals surface area contributed by atoms with Gasteiger partial charge in [-0.1, -0.05) is 29.8 Å². The van der Waals surface area contributed by atoms with Crippen LogP contribution in [0.2, 0.25) is 5.15 Å². The Bertz CT molecular complexity index is 877. The number of benzene rings is 1. The molecule has 0 unspecified atom stereocenters. The van der Waals surface area contributed by atoms with Gasteiger partial charge in [0.2, 0.25) is 10.0 Å². The molecule has 0 atom stereocenters. The number of carbonyl (C=O) groups excluding carboxylic acids is 1. The number of nitrogens with one attached hydrogen (secondary N) is 2. The van der Waals surface area contributed by atoms with Crippen molar-refractivity contribution in [2.75, 3.05) is 0 Å². The van der Waals surface area contributed by atoms with Crippen LogP contribution >= 0.6 is 11.6 Å². The fourth-order valence-corrected chi connectivity index (χ4v) is 4.06. The monoisotopic (exact) mass is 381 g/mol. The Morgan fingerprint density at radius 1 is 1.16 bits per heavy atom. The molecule has 1 amide bonds. The number of hydrogen-bond acceptors (Lipinski definition) is 4. The van der Waals surface area contributed by atoms with E-state index in [1.165, 1.54) is 12.3 Å². The highest BCUT2D eigenvalue weighted by Crippen LogP contribution is 2.18. The molecule has 6 nitrogen and oxygen atoms in total. The summed E-state index contributed by atoms with van der Waals surface area (Å²) in [7, 11) is -3.71. The molecule has 0 bridgehead atoms. The van der Waals surface area contributed by atoms with E-state index >= 15 is 0 Å². The van der Waals surface area contributed by atoms with Gasteiger partial charge in [0.1, 0.15) is 5.15 Å². The molecule has 134 valence electrons. The predicted octanol–water partition coefficient (Wildman–Crippen LogP) is 2.74. The lowest BCUT2D eigenvalue weighted by Gasteiger charge is -2.21. The zero-order chi connectivity index (χ0) is 18.7. The number of aromatic nitrogens is 1. The Hall–Kier alpha value is -1.96. The molecule has 0 aliphatic rings. The molecule has 2 aromatic rings. The zero-order valence-corrected chi connectivity index (χ0v) is 15.8. The molecule has 0 aliphatic carbocycles. The third-order valence-corrected chi connectivity index (χ3v) is 5.31. The van der Waals surface area contributed by atoms with Gasteiger partial charge in [-0.15, -0.1) is 0 Å². The summed E-state index contributed by atoms with van der Waals surface area (Å²) in [4.78, 5) is 16.2. The number of rotatable bonds is 5. The Morgan fingerprint density at radius 2 is 1.84 bits per heavy atom. The summed E-state index contributed by atoms with van der Waals surface area (Å²) < 4.78 is 27.8. The maximum absolute atomic E-state index is 12.6. The van der Waals surface area contributed by atoms with Gasteiger partial charge in [-0.05, 0) is 44.5 Å². The Kier molecular flexibility index (Phi) is 5.82. The summed E-state index contributed by atoms with van der Waals surface area (Å²) in [5, 5.41) is 2.77. The topological polar surface area (TPSA) is 88.2 Å². The first-order valence-corrected chi connectivity index (χ1v) is 9.47. The SMILES string of the molecule is CC(C)(C)NS(=O)(=O)c1ccccc1CNC(=O)c1cccnc1Cl. The third-order valence-electron chi connectivity index (χ3n) is 3.15. The summed E-state index contributed by atoms with van der Waals surface area (Å²) in [6.45, 7) is 5.34. The van der Waals surface area contributed by atoms with E-state index < -0.39 is 21.5 Å². The van der Waals surface area contributed by atoms with Crippen LogP contribution in [0.4, 0.5) is 0 Å². The number of halogens is 1. The van der Waals surface area contributed by atoms with Gasteiger partial charge in [0.15, 0.2) is 0 Å². The van der Waals surface area contributed by atoms with Gasteiger partial charge in [0.05, 0.1) is 10.5 Å². The summed E-state index contributed by atoms with van der Waals surface area (Å²) in [6, 6.07) is 9.67. The van der Waals surface area contributed by atoms with Gasteiger partial charge in [0, 0.05) is 18.3 Å². The molecule has 0 radical (unpaired) electrons. The van der Waals surface area contributed by atoms with Gasteiger partial charge in [0.25, 0.3) is 5.91 Å². The Balaban J connectivity index is 2.22. The van der Waals surface area contributed by atoms with E-state index in [2.05, 4.69) is 15.0 Å². The Labute approximate surface area is 152 Å². The fourth-order valence-electron chi connectivity index (χ4n) is 2.20. The van der Waals surface area contributed by atoms with Crippen molar-refractivity contribution in [3.8, 4) is 0 Å². The number of amides is 1. The van der Waals surface area contributed by atoms with Crippen molar-refractivity contribution in [3.05, 3.63) is 58.9 Å². The van der Waals surface area contributed by atoms with Crippen molar-refractivity contribution in [1.29, 1.82) is 0 Å². The second kappa shape index (κ2) is 7.51. The van der Waals surface area contributed by atoms with Crippen LogP contribution in [0.1, 0.15) is 36.7 Å². The maximum atomic E-state index is 12.6. The second-order valence-corrected chi connectivity index (χ2v) is 8.50. The van der Waals surface area contributed by atoms with E-state index in [4.69, 9.17) is 11.6 Å². The Morgan fingerprint density at radius 3 is 2.48 bits per heavy atom. The van der Waals surface area contributed by atoms with Gasteiger partial charge < -0.3 is 5.32 Å². The first-order chi connectivity index (χ1) is 11.6. The summed E-state index contributed by atoms with van der Waals surface area (Å²) in [5.74, 6) is -0.422. The van der Waals surface area contributed by atoms with E-state index in [1.807, 2.05) is 0 Å². The number of hydrogen-bond donors (Lipinski definition) is 2. The molecule has 2 N–H and O–H groups in total. The third kappa shape index (κ3) is 5.26. The molecule has 0 fully saturated rings. The van der Waals surface area contributed by atoms with Gasteiger partial charge >= 0.3 is 0 Å². The standard InChI is InChI=1S/C17H20ClN3O3S/c1-17(2,3)21-25(23,24)14-9-5-4-7-12(14)11-20-16(22)13-8-6-10-19-15(13)18/h4-10,21H,11H2,1-3H3,(H,20,22). The average Bonchev–Trinajstić information content (AvgIpc) is 2.51. The van der Waals surface area contributed by atoms with Gasteiger partial charge in [-0.3, -0.25) is 4.79 Å². The summed E-state index contributed by atoms with van der Waals surface area (Å²) in [5.41, 5.74) is 0.100. The lowest BCUT2D eigenvalue weighted by Crippen LogP contribution is -2.41. The zero-order valence-electron chi connectivity index (χ0n) is 14.2. The van der Waals surface area contributed by atoms with Crippen molar-refractivity contribution in [2.45, 2.75) is 37.8 Å². The predicted molar refractivity (Wildman–Crippen MR) is 96.9 cm³/mol. The van der Waals surface area contributed by atoms with E-state index in [9.17, 15) is 13.2 Å². The summed E-state index contributed by atoms with van der Waals surface area (Å²) in [6.07, 6.45) is 1.49. The number of carbonyl (C=O) groups is 1. The van der Waals surface area contributed by atoms with Crippen LogP contribution in [0.25, 0.3) is 0 Å².